The second-order valence-electron chi connectivity index (χ2n) is 7.33. The molecule has 1 saturated heterocycles. The molecule has 0 spiro atoms. The van der Waals surface area contributed by atoms with Crippen LogP contribution >= 0.6 is 0 Å². The number of sulfonamides is 1. The van der Waals surface area contributed by atoms with E-state index in [1.54, 1.807) is 55.8 Å². The van der Waals surface area contributed by atoms with Crippen molar-refractivity contribution in [1.29, 1.82) is 5.41 Å². The first-order valence-electron chi connectivity index (χ1n) is 10.0. The number of ether oxygens (including phenoxy) is 1. The molecule has 4 rings (SSSR count). The molecule has 1 fully saturated rings. The third-order valence-corrected chi connectivity index (χ3v) is 7.39. The van der Waals surface area contributed by atoms with Crippen LogP contribution in [-0.4, -0.2) is 43.6 Å². The molecule has 8 heteroatoms. The molecule has 1 aliphatic heterocycles. The van der Waals surface area contributed by atoms with Crippen molar-refractivity contribution in [1.82, 2.24) is 9.29 Å². The number of nitrogens with one attached hydrogen (secondary N) is 1. The standard InChI is InChI=1S/C23H24N4O3S/c1-30-20-7-3-2-6-19(20)22(24)21-18(12-13-26-23(21)25)16-8-10-17(11-9-16)31(28,29)27-14-4-5-15-27/h2-3,6-13,24H,4-5,14-15H2,1H3,(H2,25,26). The molecule has 0 saturated carbocycles. The Labute approximate surface area is 182 Å². The quantitative estimate of drug-likeness (QED) is 0.575. The Morgan fingerprint density at radius 2 is 1.74 bits per heavy atom. The average Bonchev–Trinajstić information content (AvgIpc) is 3.34. The zero-order chi connectivity index (χ0) is 22.0. The summed E-state index contributed by atoms with van der Waals surface area (Å²) >= 11 is 0. The molecule has 2 heterocycles. The van der Waals surface area contributed by atoms with Gasteiger partial charge in [0.15, 0.2) is 0 Å². The molecule has 7 nitrogen and oxygen atoms in total. The maximum Gasteiger partial charge on any atom is 0.243 e. The van der Waals surface area contributed by atoms with Crippen molar-refractivity contribution >= 4 is 21.6 Å². The fourth-order valence-corrected chi connectivity index (χ4v) is 5.37. The maximum atomic E-state index is 12.8. The minimum absolute atomic E-state index is 0.187. The van der Waals surface area contributed by atoms with Crippen LogP contribution in [0.4, 0.5) is 5.82 Å². The van der Waals surface area contributed by atoms with Crippen LogP contribution in [-0.2, 0) is 10.0 Å². The predicted molar refractivity (Wildman–Crippen MR) is 121 cm³/mol. The lowest BCUT2D eigenvalue weighted by Crippen LogP contribution is -2.27. The lowest BCUT2D eigenvalue weighted by Gasteiger charge is -2.17. The van der Waals surface area contributed by atoms with Crippen LogP contribution < -0.4 is 10.5 Å². The molecule has 1 aliphatic rings. The Kier molecular flexibility index (Phi) is 5.75. The monoisotopic (exact) mass is 436 g/mol. The zero-order valence-electron chi connectivity index (χ0n) is 17.2. The summed E-state index contributed by atoms with van der Waals surface area (Å²) in [5, 5.41) is 8.80. The molecule has 0 amide bonds. The summed E-state index contributed by atoms with van der Waals surface area (Å²) in [5.41, 5.74) is 8.89. The second-order valence-corrected chi connectivity index (χ2v) is 9.27. The van der Waals surface area contributed by atoms with Crippen LogP contribution in [0.1, 0.15) is 24.0 Å². The van der Waals surface area contributed by atoms with Crippen LogP contribution in [0.15, 0.2) is 65.7 Å². The van der Waals surface area contributed by atoms with Gasteiger partial charge in [-0.25, -0.2) is 13.4 Å². The van der Waals surface area contributed by atoms with Gasteiger partial charge in [0.25, 0.3) is 0 Å². The first kappa shape index (κ1) is 21.0. The number of hydrogen-bond donors (Lipinski definition) is 2. The molecule has 0 aliphatic carbocycles. The topological polar surface area (TPSA) is 109 Å². The van der Waals surface area contributed by atoms with E-state index in [1.165, 1.54) is 4.31 Å². The fraction of sp³-hybridized carbons (Fsp3) is 0.217. The van der Waals surface area contributed by atoms with E-state index in [1.807, 2.05) is 12.1 Å². The fourth-order valence-electron chi connectivity index (χ4n) is 3.85. The van der Waals surface area contributed by atoms with E-state index in [4.69, 9.17) is 15.9 Å². The van der Waals surface area contributed by atoms with Crippen LogP contribution in [0, 0.1) is 5.41 Å². The van der Waals surface area contributed by atoms with Crippen molar-refractivity contribution in [2.45, 2.75) is 17.7 Å². The number of pyridine rings is 1. The van der Waals surface area contributed by atoms with Gasteiger partial charge in [0.1, 0.15) is 11.6 Å². The van der Waals surface area contributed by atoms with E-state index in [0.717, 1.165) is 18.4 Å². The van der Waals surface area contributed by atoms with Crippen molar-refractivity contribution in [3.8, 4) is 16.9 Å². The molecule has 31 heavy (non-hydrogen) atoms. The van der Waals surface area contributed by atoms with Crippen LogP contribution in [0.25, 0.3) is 11.1 Å². The molecule has 0 radical (unpaired) electrons. The van der Waals surface area contributed by atoms with Crippen molar-refractivity contribution in [3.05, 3.63) is 71.9 Å². The Morgan fingerprint density at radius 3 is 2.42 bits per heavy atom. The summed E-state index contributed by atoms with van der Waals surface area (Å²) in [6, 6.07) is 15.7. The molecular weight excluding hydrogens is 412 g/mol. The Bertz CT molecular complexity index is 1220. The number of anilines is 1. The largest absolute Gasteiger partial charge is 0.496 e. The van der Waals surface area contributed by atoms with Crippen LogP contribution in [0.2, 0.25) is 0 Å². The third-order valence-electron chi connectivity index (χ3n) is 5.47. The van der Waals surface area contributed by atoms with Gasteiger partial charge < -0.3 is 10.5 Å². The zero-order valence-corrected chi connectivity index (χ0v) is 18.0. The summed E-state index contributed by atoms with van der Waals surface area (Å²) in [4.78, 5) is 4.44. The number of methoxy groups -OCH3 is 1. The van der Waals surface area contributed by atoms with Gasteiger partial charge in [-0.1, -0.05) is 24.3 Å². The number of aromatic nitrogens is 1. The Hall–Kier alpha value is -3.23. The second kappa shape index (κ2) is 8.49. The van der Waals surface area contributed by atoms with E-state index in [2.05, 4.69) is 4.98 Å². The first-order chi connectivity index (χ1) is 14.9. The van der Waals surface area contributed by atoms with E-state index in [9.17, 15) is 8.42 Å². The van der Waals surface area contributed by atoms with E-state index < -0.39 is 10.0 Å². The number of nitrogens with two attached hydrogens (primary N) is 1. The van der Waals surface area contributed by atoms with Gasteiger partial charge in [-0.15, -0.1) is 0 Å². The number of rotatable bonds is 6. The summed E-state index contributed by atoms with van der Waals surface area (Å²) in [5.74, 6) is 0.788. The molecule has 0 atom stereocenters. The number of para-hydroxylation sites is 1. The van der Waals surface area contributed by atoms with E-state index in [-0.39, 0.29) is 16.4 Å². The summed E-state index contributed by atoms with van der Waals surface area (Å²) in [7, 11) is -1.93. The molecule has 2 aromatic carbocycles. The summed E-state index contributed by atoms with van der Waals surface area (Å²) < 4.78 is 32.6. The number of hydrogen-bond acceptors (Lipinski definition) is 6. The normalized spacial score (nSPS) is 14.5. The summed E-state index contributed by atoms with van der Waals surface area (Å²) in [6.45, 7) is 1.12. The number of nitrogens with zero attached hydrogens (tertiary/aromatic N) is 2. The molecule has 3 N–H and O–H groups in total. The minimum Gasteiger partial charge on any atom is -0.496 e. The van der Waals surface area contributed by atoms with Gasteiger partial charge in [0.2, 0.25) is 10.0 Å². The van der Waals surface area contributed by atoms with Gasteiger partial charge in [0, 0.05) is 24.8 Å². The van der Waals surface area contributed by atoms with Crippen LogP contribution in [0.3, 0.4) is 0 Å². The van der Waals surface area contributed by atoms with E-state index >= 15 is 0 Å². The molecule has 160 valence electrons. The average molecular weight is 437 g/mol. The summed E-state index contributed by atoms with van der Waals surface area (Å²) in [6.07, 6.45) is 3.36. The molecular formula is C23H24N4O3S. The molecule has 1 aromatic heterocycles. The van der Waals surface area contributed by atoms with Crippen molar-refractivity contribution in [2.24, 2.45) is 0 Å². The van der Waals surface area contributed by atoms with Crippen molar-refractivity contribution in [3.63, 3.8) is 0 Å². The van der Waals surface area contributed by atoms with Crippen LogP contribution in [0.5, 0.6) is 5.75 Å². The smallest absolute Gasteiger partial charge is 0.243 e. The molecule has 3 aromatic rings. The Balaban J connectivity index is 1.74. The highest BCUT2D eigenvalue weighted by Crippen LogP contribution is 2.32. The van der Waals surface area contributed by atoms with Crippen molar-refractivity contribution in [2.75, 3.05) is 25.9 Å². The third kappa shape index (κ3) is 3.92. The molecule has 0 bridgehead atoms. The minimum atomic E-state index is -3.49. The first-order valence-corrected chi connectivity index (χ1v) is 11.4. The van der Waals surface area contributed by atoms with Crippen molar-refractivity contribution < 1.29 is 13.2 Å². The highest BCUT2D eigenvalue weighted by Gasteiger charge is 2.27. The highest BCUT2D eigenvalue weighted by atomic mass is 32.2. The number of nitrogen functional groups attached to an aromatic ring is 1. The van der Waals surface area contributed by atoms with E-state index in [0.29, 0.717) is 35.5 Å². The van der Waals surface area contributed by atoms with Gasteiger partial charge >= 0.3 is 0 Å². The maximum absolute atomic E-state index is 12.8. The lowest BCUT2D eigenvalue weighted by atomic mass is 9.94. The lowest BCUT2D eigenvalue weighted by molar-refractivity contribution is 0.414. The Morgan fingerprint density at radius 1 is 1.06 bits per heavy atom. The SMILES string of the molecule is COc1ccccc1C(=N)c1c(-c2ccc(S(=O)(=O)N3CCCC3)cc2)ccnc1N. The van der Waals surface area contributed by atoms with Gasteiger partial charge in [-0.2, -0.15) is 4.31 Å². The molecule has 0 unspecified atom stereocenters. The van der Waals surface area contributed by atoms with Gasteiger partial charge in [-0.3, -0.25) is 5.41 Å². The highest BCUT2D eigenvalue weighted by molar-refractivity contribution is 7.89. The predicted octanol–water partition coefficient (Wildman–Crippen LogP) is 3.54. The van der Waals surface area contributed by atoms with Gasteiger partial charge in [-0.05, 0) is 54.3 Å². The van der Waals surface area contributed by atoms with Gasteiger partial charge in [0.05, 0.1) is 23.3 Å². The number of benzene rings is 2.